The van der Waals surface area contributed by atoms with Crippen molar-refractivity contribution in [1.29, 1.82) is 0 Å². The van der Waals surface area contributed by atoms with Crippen molar-refractivity contribution in [3.63, 3.8) is 0 Å². The molecule has 4 nitrogen and oxygen atoms in total. The number of nitrogens with zero attached hydrogens (tertiary/aromatic N) is 1. The highest BCUT2D eigenvalue weighted by molar-refractivity contribution is 6.03. The van der Waals surface area contributed by atoms with Gasteiger partial charge in [0.25, 0.3) is 0 Å². The number of carbonyl (C=O) groups is 1. The van der Waals surface area contributed by atoms with Gasteiger partial charge < -0.3 is 14.0 Å². The first-order chi connectivity index (χ1) is 8.40. The number of aryl methyl sites for hydroxylation is 1. The first-order valence-corrected chi connectivity index (χ1v) is 5.79. The number of hydrogen-bond acceptors (Lipinski definition) is 3. The van der Waals surface area contributed by atoms with E-state index < -0.39 is 0 Å². The van der Waals surface area contributed by atoms with Crippen molar-refractivity contribution in [3.8, 4) is 11.5 Å². The normalized spacial score (nSPS) is 16.5. The lowest BCUT2D eigenvalue weighted by Crippen LogP contribution is -1.95. The third-order valence-electron chi connectivity index (χ3n) is 3.62. The zero-order valence-corrected chi connectivity index (χ0v) is 9.23. The van der Waals surface area contributed by atoms with Crippen molar-refractivity contribution in [2.24, 2.45) is 0 Å². The highest BCUT2D eigenvalue weighted by atomic mass is 16.7. The Labute approximate surface area is 97.7 Å². The lowest BCUT2D eigenvalue weighted by atomic mass is 10.1. The number of aldehydes is 1. The van der Waals surface area contributed by atoms with E-state index in [-0.39, 0.29) is 6.79 Å². The fraction of sp³-hybridized carbons (Fsp3) is 0.308. The Balaban J connectivity index is 2.18. The Bertz CT molecular complexity index is 642. The molecule has 1 aromatic heterocycles. The zero-order valence-electron chi connectivity index (χ0n) is 9.23. The van der Waals surface area contributed by atoms with Gasteiger partial charge in [-0.25, -0.2) is 0 Å². The molecule has 0 amide bonds. The number of rotatable bonds is 1. The molecule has 0 aliphatic carbocycles. The lowest BCUT2D eigenvalue weighted by molar-refractivity contribution is 0.112. The summed E-state index contributed by atoms with van der Waals surface area (Å²) < 4.78 is 13.1. The van der Waals surface area contributed by atoms with E-state index in [1.54, 1.807) is 0 Å². The highest BCUT2D eigenvalue weighted by Gasteiger charge is 2.27. The van der Waals surface area contributed by atoms with Crippen LogP contribution in [0.2, 0.25) is 0 Å². The minimum atomic E-state index is 0.269. The molecular formula is C13H11NO3. The van der Waals surface area contributed by atoms with E-state index in [1.807, 2.05) is 12.1 Å². The summed E-state index contributed by atoms with van der Waals surface area (Å²) in [5, 5.41) is 0.985. The van der Waals surface area contributed by atoms with Crippen LogP contribution in [0.1, 0.15) is 22.5 Å². The number of carbonyl (C=O) groups excluding carboxylic acids is 1. The number of fused-ring (bicyclic) bond motifs is 5. The van der Waals surface area contributed by atoms with Crippen molar-refractivity contribution in [2.75, 3.05) is 6.79 Å². The molecule has 0 N–H and O–H groups in total. The van der Waals surface area contributed by atoms with E-state index in [1.165, 1.54) is 0 Å². The van der Waals surface area contributed by atoms with Gasteiger partial charge >= 0.3 is 0 Å². The first kappa shape index (κ1) is 9.10. The summed E-state index contributed by atoms with van der Waals surface area (Å²) in [5.74, 6) is 1.57. The Morgan fingerprint density at radius 2 is 2.24 bits per heavy atom. The molecule has 0 fully saturated rings. The van der Waals surface area contributed by atoms with Gasteiger partial charge in [0, 0.05) is 23.2 Å². The van der Waals surface area contributed by atoms with Gasteiger partial charge in [-0.3, -0.25) is 4.79 Å². The molecular weight excluding hydrogens is 218 g/mol. The predicted molar refractivity (Wildman–Crippen MR) is 61.8 cm³/mol. The minimum Gasteiger partial charge on any atom is -0.454 e. The third-order valence-corrected chi connectivity index (χ3v) is 3.62. The standard InChI is InChI=1S/C13H11NO3/c15-6-9-8-3-4-11-13(17-7-16-11)12(8)14-5-1-2-10(9)14/h3-4,6H,1-2,5,7H2. The molecule has 0 unspecified atom stereocenters. The zero-order chi connectivity index (χ0) is 11.4. The van der Waals surface area contributed by atoms with Gasteiger partial charge in [0.05, 0.1) is 5.52 Å². The monoisotopic (exact) mass is 229 g/mol. The van der Waals surface area contributed by atoms with Crippen LogP contribution in [0.25, 0.3) is 10.9 Å². The van der Waals surface area contributed by atoms with E-state index in [2.05, 4.69) is 4.57 Å². The van der Waals surface area contributed by atoms with Crippen molar-refractivity contribution in [2.45, 2.75) is 19.4 Å². The second-order valence-corrected chi connectivity index (χ2v) is 4.43. The highest BCUT2D eigenvalue weighted by Crippen LogP contribution is 2.43. The molecule has 0 saturated heterocycles. The van der Waals surface area contributed by atoms with Crippen LogP contribution in [0.5, 0.6) is 11.5 Å². The van der Waals surface area contributed by atoms with Crippen LogP contribution in [0, 0.1) is 0 Å². The van der Waals surface area contributed by atoms with Gasteiger partial charge in [0.1, 0.15) is 0 Å². The smallest absolute Gasteiger partial charge is 0.231 e. The van der Waals surface area contributed by atoms with Crippen molar-refractivity contribution in [3.05, 3.63) is 23.4 Å². The molecule has 1 aromatic carbocycles. The maximum absolute atomic E-state index is 11.3. The predicted octanol–water partition coefficient (Wildman–Crippen LogP) is 2.13. The van der Waals surface area contributed by atoms with E-state index in [0.717, 1.165) is 59.3 Å². The second kappa shape index (κ2) is 3.03. The molecule has 2 aromatic rings. The molecule has 0 saturated carbocycles. The van der Waals surface area contributed by atoms with E-state index in [4.69, 9.17) is 9.47 Å². The van der Waals surface area contributed by atoms with E-state index >= 15 is 0 Å². The van der Waals surface area contributed by atoms with E-state index in [0.29, 0.717) is 0 Å². The molecule has 0 radical (unpaired) electrons. The van der Waals surface area contributed by atoms with Crippen LogP contribution in [0.4, 0.5) is 0 Å². The quantitative estimate of drug-likeness (QED) is 0.703. The molecule has 86 valence electrons. The molecule has 0 atom stereocenters. The van der Waals surface area contributed by atoms with Crippen LogP contribution < -0.4 is 9.47 Å². The Morgan fingerprint density at radius 3 is 3.12 bits per heavy atom. The Morgan fingerprint density at radius 1 is 1.29 bits per heavy atom. The minimum absolute atomic E-state index is 0.269. The molecule has 0 spiro atoms. The number of ether oxygens (including phenoxy) is 2. The average molecular weight is 229 g/mol. The largest absolute Gasteiger partial charge is 0.454 e. The summed E-state index contributed by atoms with van der Waals surface area (Å²) in [7, 11) is 0. The summed E-state index contributed by atoms with van der Waals surface area (Å²) in [6.45, 7) is 1.23. The van der Waals surface area contributed by atoms with E-state index in [9.17, 15) is 4.79 Å². The van der Waals surface area contributed by atoms with Gasteiger partial charge in [0.15, 0.2) is 17.8 Å². The van der Waals surface area contributed by atoms with Crippen LogP contribution in [-0.4, -0.2) is 17.6 Å². The average Bonchev–Trinajstić information content (AvgIpc) is 3.02. The number of benzene rings is 1. The number of hydrogen-bond donors (Lipinski definition) is 0. The molecule has 2 aliphatic rings. The summed E-state index contributed by atoms with van der Waals surface area (Å²) in [5.41, 5.74) is 2.98. The fourth-order valence-corrected chi connectivity index (χ4v) is 2.93. The molecule has 4 rings (SSSR count). The van der Waals surface area contributed by atoms with Crippen LogP contribution in [0.15, 0.2) is 12.1 Å². The maximum Gasteiger partial charge on any atom is 0.231 e. The van der Waals surface area contributed by atoms with Gasteiger partial charge in [-0.1, -0.05) is 0 Å². The molecule has 0 bridgehead atoms. The number of aromatic nitrogens is 1. The SMILES string of the molecule is O=Cc1c2n(c3c4c(ccc13)OCO4)CCC2. The molecule has 3 heterocycles. The van der Waals surface area contributed by atoms with Crippen molar-refractivity contribution < 1.29 is 14.3 Å². The van der Waals surface area contributed by atoms with Crippen LogP contribution in [0.3, 0.4) is 0 Å². The second-order valence-electron chi connectivity index (χ2n) is 4.43. The summed E-state index contributed by atoms with van der Waals surface area (Å²) >= 11 is 0. The third kappa shape index (κ3) is 1.00. The Kier molecular flexibility index (Phi) is 1.62. The summed E-state index contributed by atoms with van der Waals surface area (Å²) in [6, 6.07) is 3.84. The van der Waals surface area contributed by atoms with Gasteiger partial charge in [-0.2, -0.15) is 0 Å². The van der Waals surface area contributed by atoms with Gasteiger partial charge in [-0.15, -0.1) is 0 Å². The fourth-order valence-electron chi connectivity index (χ4n) is 2.93. The molecule has 2 aliphatic heterocycles. The van der Waals surface area contributed by atoms with Crippen molar-refractivity contribution >= 4 is 17.2 Å². The topological polar surface area (TPSA) is 40.5 Å². The maximum atomic E-state index is 11.3. The van der Waals surface area contributed by atoms with Crippen LogP contribution >= 0.6 is 0 Å². The summed E-state index contributed by atoms with van der Waals surface area (Å²) in [6.07, 6.45) is 3.02. The molecule has 4 heteroatoms. The molecule has 17 heavy (non-hydrogen) atoms. The summed E-state index contributed by atoms with van der Waals surface area (Å²) in [4.78, 5) is 11.3. The van der Waals surface area contributed by atoms with Crippen molar-refractivity contribution in [1.82, 2.24) is 4.57 Å². The van der Waals surface area contributed by atoms with Gasteiger partial charge in [-0.05, 0) is 25.0 Å². The first-order valence-electron chi connectivity index (χ1n) is 5.79. The lowest BCUT2D eigenvalue weighted by Gasteiger charge is -2.03. The van der Waals surface area contributed by atoms with Crippen LogP contribution in [-0.2, 0) is 13.0 Å². The van der Waals surface area contributed by atoms with Gasteiger partial charge in [0.2, 0.25) is 6.79 Å². The Hall–Kier alpha value is -1.97.